The van der Waals surface area contributed by atoms with Crippen LogP contribution in [0.2, 0.25) is 5.02 Å². The van der Waals surface area contributed by atoms with Crippen molar-refractivity contribution in [1.29, 1.82) is 0 Å². The number of allylic oxidation sites excluding steroid dienone is 3. The molecule has 5 aromatic carbocycles. The van der Waals surface area contributed by atoms with Crippen molar-refractivity contribution in [3.8, 4) is 0 Å². The van der Waals surface area contributed by atoms with Gasteiger partial charge < -0.3 is 0 Å². The molecule has 0 saturated heterocycles. The topological polar surface area (TPSA) is 12.4 Å². The van der Waals surface area contributed by atoms with Crippen molar-refractivity contribution in [2.24, 2.45) is 10.9 Å². The van der Waals surface area contributed by atoms with Crippen LogP contribution in [0.25, 0.3) is 42.2 Å². The van der Waals surface area contributed by atoms with Crippen molar-refractivity contribution < 1.29 is 0 Å². The maximum absolute atomic E-state index is 7.01. The quantitative estimate of drug-likeness (QED) is 0.201. The van der Waals surface area contributed by atoms with Crippen LogP contribution in [0, 0.1) is 5.92 Å². The number of aliphatic imine (C=N–C) groups is 1. The van der Waals surface area contributed by atoms with E-state index < -0.39 is 0 Å². The normalized spacial score (nSPS) is 20.4. The number of hydrogen-bond acceptors (Lipinski definition) is 2. The highest BCUT2D eigenvalue weighted by Gasteiger charge is 2.23. The molecule has 2 heterocycles. The minimum atomic E-state index is 0.252. The molecule has 1 aliphatic heterocycles. The third-order valence-corrected chi connectivity index (χ3v) is 9.81. The van der Waals surface area contributed by atoms with Gasteiger partial charge in [-0.05, 0) is 70.2 Å². The Bertz CT molecular complexity index is 2030. The average Bonchev–Trinajstić information content (AvgIpc) is 3.39. The maximum Gasteiger partial charge on any atom is 0.0743 e. The number of rotatable bonds is 4. The largest absolute Gasteiger partial charge is 0.252 e. The molecule has 0 saturated carbocycles. The van der Waals surface area contributed by atoms with Gasteiger partial charge in [0, 0.05) is 27.0 Å². The molecule has 0 spiro atoms. The Morgan fingerprint density at radius 1 is 0.756 bits per heavy atom. The average molecular weight is 568 g/mol. The zero-order valence-corrected chi connectivity index (χ0v) is 24.8. The van der Waals surface area contributed by atoms with Gasteiger partial charge in [-0.15, -0.1) is 11.3 Å². The van der Waals surface area contributed by atoms with Crippen LogP contribution in [0.3, 0.4) is 0 Å². The highest BCUT2D eigenvalue weighted by atomic mass is 35.5. The van der Waals surface area contributed by atoms with Gasteiger partial charge in [0.2, 0.25) is 0 Å². The highest BCUT2D eigenvalue weighted by molar-refractivity contribution is 7.26. The minimum absolute atomic E-state index is 0.252. The van der Waals surface area contributed by atoms with E-state index in [1.165, 1.54) is 43.0 Å². The van der Waals surface area contributed by atoms with E-state index in [2.05, 4.69) is 129 Å². The summed E-state index contributed by atoms with van der Waals surface area (Å²) in [5, 5.41) is 5.75. The SMILES string of the molecule is CCC1=C(c2ccc3ccccc3c2)/N=C(/c2ccccc2)C(C)C\C=C\1c1cc(Cl)c2sc3ccccc3c2c1. The van der Waals surface area contributed by atoms with Crippen LogP contribution in [0.15, 0.2) is 126 Å². The molecule has 7 rings (SSSR count). The number of nitrogens with zero attached hydrogens (tertiary/aromatic N) is 1. The summed E-state index contributed by atoms with van der Waals surface area (Å²) < 4.78 is 2.42. The Balaban J connectivity index is 1.50. The third-order valence-electron chi connectivity index (χ3n) is 8.18. The molecular formula is C38H30ClNS. The fourth-order valence-corrected chi connectivity index (χ4v) is 7.50. The predicted octanol–water partition coefficient (Wildman–Crippen LogP) is 11.6. The van der Waals surface area contributed by atoms with E-state index in [-0.39, 0.29) is 5.92 Å². The van der Waals surface area contributed by atoms with Gasteiger partial charge in [-0.1, -0.05) is 116 Å². The van der Waals surface area contributed by atoms with Gasteiger partial charge >= 0.3 is 0 Å². The molecule has 0 fully saturated rings. The Morgan fingerprint density at radius 3 is 2.34 bits per heavy atom. The van der Waals surface area contributed by atoms with Crippen LogP contribution in [0.5, 0.6) is 0 Å². The van der Waals surface area contributed by atoms with Crippen molar-refractivity contribution in [1.82, 2.24) is 0 Å². The fraction of sp³-hybridized carbons (Fsp3) is 0.132. The molecule has 0 aliphatic carbocycles. The van der Waals surface area contributed by atoms with Gasteiger partial charge in [-0.25, -0.2) is 0 Å². The van der Waals surface area contributed by atoms with Crippen molar-refractivity contribution in [3.63, 3.8) is 0 Å². The number of halogens is 1. The molecule has 1 aromatic heterocycles. The molecule has 1 atom stereocenters. The first-order chi connectivity index (χ1) is 20.1. The highest BCUT2D eigenvalue weighted by Crippen LogP contribution is 2.43. The molecule has 41 heavy (non-hydrogen) atoms. The van der Waals surface area contributed by atoms with Crippen LogP contribution in [-0.4, -0.2) is 5.71 Å². The lowest BCUT2D eigenvalue weighted by molar-refractivity contribution is 0.789. The fourth-order valence-electron chi connectivity index (χ4n) is 6.08. The van der Waals surface area contributed by atoms with E-state index in [0.29, 0.717) is 0 Å². The summed E-state index contributed by atoms with van der Waals surface area (Å²) in [4.78, 5) is 5.54. The van der Waals surface area contributed by atoms with Crippen molar-refractivity contribution in [3.05, 3.63) is 143 Å². The Labute approximate surface area is 250 Å². The van der Waals surface area contributed by atoms with E-state index in [9.17, 15) is 0 Å². The van der Waals surface area contributed by atoms with Crippen LogP contribution in [0.1, 0.15) is 43.4 Å². The van der Waals surface area contributed by atoms with E-state index in [1.54, 1.807) is 11.3 Å². The second kappa shape index (κ2) is 10.8. The molecule has 6 aromatic rings. The number of benzene rings is 5. The number of fused-ring (bicyclic) bond motifs is 4. The summed E-state index contributed by atoms with van der Waals surface area (Å²) in [5.41, 5.74) is 8.13. The zero-order valence-electron chi connectivity index (χ0n) is 23.2. The molecule has 0 amide bonds. The van der Waals surface area contributed by atoms with Gasteiger partial charge in [-0.3, -0.25) is 4.99 Å². The molecular weight excluding hydrogens is 538 g/mol. The summed E-state index contributed by atoms with van der Waals surface area (Å²) in [6.45, 7) is 4.53. The molecule has 1 nitrogen and oxygen atoms in total. The van der Waals surface area contributed by atoms with Crippen LogP contribution in [0.4, 0.5) is 0 Å². The van der Waals surface area contributed by atoms with Gasteiger partial charge in [0.1, 0.15) is 0 Å². The van der Waals surface area contributed by atoms with Crippen LogP contribution < -0.4 is 0 Å². The Morgan fingerprint density at radius 2 is 1.51 bits per heavy atom. The number of hydrogen-bond donors (Lipinski definition) is 0. The van der Waals surface area contributed by atoms with Crippen molar-refractivity contribution in [2.45, 2.75) is 26.7 Å². The molecule has 0 radical (unpaired) electrons. The number of thiophene rings is 1. The summed E-state index contributed by atoms with van der Waals surface area (Å²) in [6, 6.07) is 39.0. The second-order valence-corrected chi connectivity index (χ2v) is 12.3. The van der Waals surface area contributed by atoms with Gasteiger partial charge in [0.25, 0.3) is 0 Å². The standard InChI is InChI=1S/C38H30ClNS/c1-3-30-31(29-22-33-32-15-9-10-16-35(32)41-38(33)34(39)23-29)20-17-24(2)36(26-12-5-4-6-13-26)40-37(30)28-19-18-25-11-7-8-14-27(25)21-28/h4-16,18-24H,3,17H2,1-2H3/b31-20+,37-30-,40-36+. The van der Waals surface area contributed by atoms with Gasteiger partial charge in [0.05, 0.1) is 21.1 Å². The van der Waals surface area contributed by atoms with E-state index >= 15 is 0 Å². The monoisotopic (exact) mass is 567 g/mol. The van der Waals surface area contributed by atoms with Gasteiger partial charge in [-0.2, -0.15) is 0 Å². The van der Waals surface area contributed by atoms with E-state index in [0.717, 1.165) is 45.1 Å². The maximum atomic E-state index is 7.01. The zero-order chi connectivity index (χ0) is 27.9. The molecule has 3 heteroatoms. The molecule has 1 unspecified atom stereocenters. The lowest BCUT2D eigenvalue weighted by Gasteiger charge is -2.23. The molecule has 0 N–H and O–H groups in total. The van der Waals surface area contributed by atoms with Crippen molar-refractivity contribution >= 4 is 70.9 Å². The van der Waals surface area contributed by atoms with Gasteiger partial charge in [0.15, 0.2) is 0 Å². The smallest absolute Gasteiger partial charge is 0.0743 e. The Hall–Kier alpha value is -3.98. The molecule has 200 valence electrons. The van der Waals surface area contributed by atoms with E-state index in [4.69, 9.17) is 16.6 Å². The first kappa shape index (κ1) is 26.0. The Kier molecular flexibility index (Phi) is 6.82. The second-order valence-electron chi connectivity index (χ2n) is 10.8. The van der Waals surface area contributed by atoms with E-state index in [1.807, 2.05) is 0 Å². The predicted molar refractivity (Wildman–Crippen MR) is 180 cm³/mol. The summed E-state index contributed by atoms with van der Waals surface area (Å²) in [7, 11) is 0. The lowest BCUT2D eigenvalue weighted by atomic mass is 9.86. The first-order valence-electron chi connectivity index (χ1n) is 14.3. The molecule has 0 bridgehead atoms. The van der Waals surface area contributed by atoms with Crippen molar-refractivity contribution in [2.75, 3.05) is 0 Å². The third kappa shape index (κ3) is 4.72. The summed E-state index contributed by atoms with van der Waals surface area (Å²) in [6.07, 6.45) is 4.18. The summed E-state index contributed by atoms with van der Waals surface area (Å²) in [5.74, 6) is 0.252. The lowest BCUT2D eigenvalue weighted by Crippen LogP contribution is -2.15. The first-order valence-corrected chi connectivity index (χ1v) is 15.5. The van der Waals surface area contributed by atoms with Crippen LogP contribution >= 0.6 is 22.9 Å². The minimum Gasteiger partial charge on any atom is -0.252 e. The van der Waals surface area contributed by atoms with Crippen LogP contribution in [-0.2, 0) is 0 Å². The summed E-state index contributed by atoms with van der Waals surface area (Å²) >= 11 is 8.78. The molecule has 1 aliphatic rings.